The predicted octanol–water partition coefficient (Wildman–Crippen LogP) is 5.33. The maximum absolute atomic E-state index is 3.75. The maximum atomic E-state index is 3.75. The molecule has 0 bridgehead atoms. The molecule has 1 unspecified atom stereocenters. The smallest absolute Gasteiger partial charge is 0.0320 e. The molecule has 1 rings (SSSR count). The Morgan fingerprint density at radius 2 is 1.68 bits per heavy atom. The molecule has 1 nitrogen and oxygen atoms in total. The van der Waals surface area contributed by atoms with Crippen LogP contribution in [0, 0.1) is 5.92 Å². The number of benzene rings is 1. The van der Waals surface area contributed by atoms with E-state index in [1.54, 1.807) is 0 Å². The number of rotatable bonds is 10. The molecule has 0 saturated heterocycles. The van der Waals surface area contributed by atoms with Gasteiger partial charge in [-0.05, 0) is 37.3 Å². The van der Waals surface area contributed by atoms with Gasteiger partial charge in [0.2, 0.25) is 0 Å². The van der Waals surface area contributed by atoms with Crippen LogP contribution >= 0.6 is 0 Å². The maximum Gasteiger partial charge on any atom is 0.0320 e. The first-order valence-electron chi connectivity index (χ1n) is 8.02. The molecule has 0 amide bonds. The van der Waals surface area contributed by atoms with Gasteiger partial charge in [0.25, 0.3) is 0 Å². The summed E-state index contributed by atoms with van der Waals surface area (Å²) in [6.07, 6.45) is 7.84. The first kappa shape index (κ1) is 16.2. The molecule has 0 fully saturated rings. The third kappa shape index (κ3) is 7.37. The predicted molar refractivity (Wildman–Crippen MR) is 85.4 cm³/mol. The van der Waals surface area contributed by atoms with Crippen molar-refractivity contribution in [3.8, 4) is 0 Å². The highest BCUT2D eigenvalue weighted by Gasteiger charge is 2.09. The second-order valence-corrected chi connectivity index (χ2v) is 5.95. The van der Waals surface area contributed by atoms with Gasteiger partial charge >= 0.3 is 0 Å². The molecule has 0 heterocycles. The first-order chi connectivity index (χ1) is 9.24. The van der Waals surface area contributed by atoms with Gasteiger partial charge in [-0.3, -0.25) is 0 Å². The molecule has 0 spiro atoms. The third-order valence-electron chi connectivity index (χ3n) is 3.65. The van der Waals surface area contributed by atoms with Crippen molar-refractivity contribution in [3.63, 3.8) is 0 Å². The fraction of sp³-hybridized carbons (Fsp3) is 0.667. The van der Waals surface area contributed by atoms with Crippen LogP contribution in [0.5, 0.6) is 0 Å². The Kier molecular flexibility index (Phi) is 8.57. The van der Waals surface area contributed by atoms with E-state index in [4.69, 9.17) is 0 Å². The molecule has 0 aromatic heterocycles. The van der Waals surface area contributed by atoms with Crippen LogP contribution in [0.3, 0.4) is 0 Å². The minimum Gasteiger partial charge on any atom is -0.310 e. The fourth-order valence-electron chi connectivity index (χ4n) is 2.46. The summed E-state index contributed by atoms with van der Waals surface area (Å²) in [6.45, 7) is 8.02. The molecule has 1 aromatic rings. The minimum atomic E-state index is 0.542. The molecule has 0 aliphatic rings. The van der Waals surface area contributed by atoms with Crippen molar-refractivity contribution in [3.05, 3.63) is 35.9 Å². The zero-order valence-corrected chi connectivity index (χ0v) is 13.0. The van der Waals surface area contributed by atoms with Crippen LogP contribution in [0.4, 0.5) is 0 Å². The summed E-state index contributed by atoms with van der Waals surface area (Å²) in [7, 11) is 0. The van der Waals surface area contributed by atoms with Crippen LogP contribution in [0.25, 0.3) is 0 Å². The van der Waals surface area contributed by atoms with Gasteiger partial charge in [0.05, 0.1) is 0 Å². The summed E-state index contributed by atoms with van der Waals surface area (Å²) in [5, 5.41) is 3.75. The zero-order valence-electron chi connectivity index (χ0n) is 13.0. The summed E-state index contributed by atoms with van der Waals surface area (Å²) in [5.74, 6) is 0.817. The number of unbranched alkanes of at least 4 members (excludes halogenated alkanes) is 2. The lowest BCUT2D eigenvalue weighted by molar-refractivity contribution is 0.448. The van der Waals surface area contributed by atoms with E-state index >= 15 is 0 Å². The second-order valence-electron chi connectivity index (χ2n) is 5.95. The lowest BCUT2D eigenvalue weighted by Crippen LogP contribution is -2.22. The molecule has 1 N–H and O–H groups in total. The SMILES string of the molecule is CCCCCC(NCCCC(C)C)c1ccccc1. The summed E-state index contributed by atoms with van der Waals surface area (Å²) >= 11 is 0. The Bertz CT molecular complexity index is 305. The average molecular weight is 261 g/mol. The molecule has 0 aliphatic heterocycles. The standard InChI is InChI=1S/C18H31N/c1-4-5-7-14-18(17-12-8-6-9-13-17)19-15-10-11-16(2)3/h6,8-9,12-13,16,18-19H,4-5,7,10-11,14-15H2,1-3H3. The topological polar surface area (TPSA) is 12.0 Å². The number of hydrogen-bond donors (Lipinski definition) is 1. The summed E-state index contributed by atoms with van der Waals surface area (Å²) in [6, 6.07) is 11.5. The van der Waals surface area contributed by atoms with Gasteiger partial charge in [0, 0.05) is 6.04 Å². The Labute approximate surface area is 119 Å². The molecular weight excluding hydrogens is 230 g/mol. The van der Waals surface area contributed by atoms with Gasteiger partial charge in [-0.15, -0.1) is 0 Å². The van der Waals surface area contributed by atoms with E-state index in [2.05, 4.69) is 56.4 Å². The molecule has 0 saturated carbocycles. The van der Waals surface area contributed by atoms with Crippen LogP contribution in [-0.2, 0) is 0 Å². The lowest BCUT2D eigenvalue weighted by atomic mass is 10.00. The number of hydrogen-bond acceptors (Lipinski definition) is 1. The molecule has 1 heteroatoms. The van der Waals surface area contributed by atoms with E-state index in [0.29, 0.717) is 6.04 Å². The monoisotopic (exact) mass is 261 g/mol. The Balaban J connectivity index is 2.41. The van der Waals surface area contributed by atoms with E-state index < -0.39 is 0 Å². The van der Waals surface area contributed by atoms with E-state index in [-0.39, 0.29) is 0 Å². The Morgan fingerprint density at radius 1 is 0.947 bits per heavy atom. The van der Waals surface area contributed by atoms with Crippen molar-refractivity contribution < 1.29 is 0 Å². The normalized spacial score (nSPS) is 12.8. The van der Waals surface area contributed by atoms with Gasteiger partial charge in [-0.1, -0.05) is 70.4 Å². The summed E-state index contributed by atoms with van der Waals surface area (Å²) in [5.41, 5.74) is 1.45. The van der Waals surface area contributed by atoms with Crippen LogP contribution in [0.15, 0.2) is 30.3 Å². The Hall–Kier alpha value is -0.820. The second kappa shape index (κ2) is 10.0. The van der Waals surface area contributed by atoms with Gasteiger partial charge in [0.1, 0.15) is 0 Å². The quantitative estimate of drug-likeness (QED) is 0.561. The molecule has 1 atom stereocenters. The zero-order chi connectivity index (χ0) is 13.9. The van der Waals surface area contributed by atoms with Crippen LogP contribution in [0.2, 0.25) is 0 Å². The van der Waals surface area contributed by atoms with Crippen LogP contribution in [-0.4, -0.2) is 6.54 Å². The van der Waals surface area contributed by atoms with Crippen molar-refractivity contribution in [1.29, 1.82) is 0 Å². The highest BCUT2D eigenvalue weighted by molar-refractivity contribution is 5.18. The van der Waals surface area contributed by atoms with E-state index in [1.165, 1.54) is 44.1 Å². The highest BCUT2D eigenvalue weighted by Crippen LogP contribution is 2.20. The Morgan fingerprint density at radius 3 is 2.32 bits per heavy atom. The molecule has 0 radical (unpaired) electrons. The lowest BCUT2D eigenvalue weighted by Gasteiger charge is -2.19. The molecular formula is C18H31N. The fourth-order valence-corrected chi connectivity index (χ4v) is 2.46. The van der Waals surface area contributed by atoms with Crippen molar-refractivity contribution >= 4 is 0 Å². The van der Waals surface area contributed by atoms with Crippen molar-refractivity contribution in [2.24, 2.45) is 5.92 Å². The van der Waals surface area contributed by atoms with Crippen LogP contribution in [0.1, 0.15) is 70.9 Å². The third-order valence-corrected chi connectivity index (χ3v) is 3.65. The number of nitrogens with one attached hydrogen (secondary N) is 1. The van der Waals surface area contributed by atoms with E-state index in [0.717, 1.165) is 12.5 Å². The highest BCUT2D eigenvalue weighted by atomic mass is 14.9. The van der Waals surface area contributed by atoms with Gasteiger partial charge in [-0.2, -0.15) is 0 Å². The molecule has 19 heavy (non-hydrogen) atoms. The summed E-state index contributed by atoms with van der Waals surface area (Å²) in [4.78, 5) is 0. The summed E-state index contributed by atoms with van der Waals surface area (Å²) < 4.78 is 0. The van der Waals surface area contributed by atoms with Crippen molar-refractivity contribution in [1.82, 2.24) is 5.32 Å². The molecule has 1 aromatic carbocycles. The van der Waals surface area contributed by atoms with Crippen molar-refractivity contribution in [2.75, 3.05) is 6.54 Å². The van der Waals surface area contributed by atoms with Crippen LogP contribution < -0.4 is 5.32 Å². The van der Waals surface area contributed by atoms with Gasteiger partial charge in [-0.25, -0.2) is 0 Å². The van der Waals surface area contributed by atoms with E-state index in [9.17, 15) is 0 Å². The van der Waals surface area contributed by atoms with E-state index in [1.807, 2.05) is 0 Å². The van der Waals surface area contributed by atoms with Gasteiger partial charge in [0.15, 0.2) is 0 Å². The minimum absolute atomic E-state index is 0.542. The average Bonchev–Trinajstić information content (AvgIpc) is 2.42. The van der Waals surface area contributed by atoms with Crippen molar-refractivity contribution in [2.45, 2.75) is 65.3 Å². The largest absolute Gasteiger partial charge is 0.310 e. The first-order valence-corrected chi connectivity index (χ1v) is 8.02. The molecule has 108 valence electrons. The molecule has 0 aliphatic carbocycles. The van der Waals surface area contributed by atoms with Gasteiger partial charge < -0.3 is 5.32 Å².